The molecule has 0 bridgehead atoms. The van der Waals surface area contributed by atoms with Crippen LogP contribution in [-0.4, -0.2) is 41.2 Å². The van der Waals surface area contributed by atoms with E-state index >= 15 is 0 Å². The van der Waals surface area contributed by atoms with Gasteiger partial charge in [0.05, 0.1) is 10.3 Å². The first-order chi connectivity index (χ1) is 10.2. The lowest BCUT2D eigenvalue weighted by molar-refractivity contribution is -0.384. The Morgan fingerprint density at radius 3 is 2.68 bits per heavy atom. The van der Waals surface area contributed by atoms with E-state index in [9.17, 15) is 14.9 Å². The smallest absolute Gasteiger partial charge is 0.410 e. The van der Waals surface area contributed by atoms with Crippen molar-refractivity contribution < 1.29 is 14.5 Å². The summed E-state index contributed by atoms with van der Waals surface area (Å²) < 4.78 is 5.35. The van der Waals surface area contributed by atoms with Crippen molar-refractivity contribution in [3.63, 3.8) is 0 Å². The molecule has 1 fully saturated rings. The summed E-state index contributed by atoms with van der Waals surface area (Å²) in [6.07, 6.45) is -0.336. The van der Waals surface area contributed by atoms with Crippen LogP contribution in [-0.2, 0) is 10.2 Å². The van der Waals surface area contributed by atoms with Crippen LogP contribution < -0.4 is 5.32 Å². The molecule has 22 heavy (non-hydrogen) atoms. The molecule has 1 saturated heterocycles. The SMILES string of the molecule is CC(C)(C)OC(=O)N1CC2(CNc3ccc([N+](=O)[O-])cc32)C1. The number of nitro benzene ring substituents is 1. The maximum absolute atomic E-state index is 12.0. The average Bonchev–Trinajstić information content (AvgIpc) is 2.73. The Labute approximate surface area is 128 Å². The van der Waals surface area contributed by atoms with Crippen molar-refractivity contribution in [2.75, 3.05) is 25.0 Å². The quantitative estimate of drug-likeness (QED) is 0.636. The summed E-state index contributed by atoms with van der Waals surface area (Å²) in [5.74, 6) is 0. The van der Waals surface area contributed by atoms with Crippen LogP contribution in [0.2, 0.25) is 0 Å². The van der Waals surface area contributed by atoms with E-state index in [0.717, 1.165) is 11.3 Å². The fourth-order valence-corrected chi connectivity index (χ4v) is 3.02. The van der Waals surface area contributed by atoms with E-state index in [1.807, 2.05) is 20.8 Å². The number of carbonyl (C=O) groups excluding carboxylic acids is 1. The first-order valence-corrected chi connectivity index (χ1v) is 7.21. The van der Waals surface area contributed by atoms with Crippen LogP contribution in [0.5, 0.6) is 0 Å². The minimum Gasteiger partial charge on any atom is -0.444 e. The molecule has 2 heterocycles. The zero-order valence-electron chi connectivity index (χ0n) is 12.9. The third kappa shape index (κ3) is 2.36. The summed E-state index contributed by atoms with van der Waals surface area (Å²) in [6, 6.07) is 4.84. The number of non-ortho nitro benzene ring substituents is 1. The zero-order chi connectivity index (χ0) is 16.1. The molecule has 0 atom stereocenters. The molecule has 1 N–H and O–H groups in total. The van der Waals surface area contributed by atoms with Gasteiger partial charge >= 0.3 is 6.09 Å². The van der Waals surface area contributed by atoms with Gasteiger partial charge in [-0.25, -0.2) is 4.79 Å². The van der Waals surface area contributed by atoms with E-state index in [2.05, 4.69) is 5.32 Å². The Balaban J connectivity index is 1.76. The van der Waals surface area contributed by atoms with Gasteiger partial charge in [-0.15, -0.1) is 0 Å². The predicted octanol–water partition coefficient (Wildman–Crippen LogP) is 2.51. The molecule has 0 aliphatic carbocycles. The first kappa shape index (κ1) is 14.6. The molecule has 1 aromatic carbocycles. The molecule has 1 aromatic rings. The highest BCUT2D eigenvalue weighted by atomic mass is 16.6. The lowest BCUT2D eigenvalue weighted by atomic mass is 9.75. The van der Waals surface area contributed by atoms with Crippen LogP contribution in [0.3, 0.4) is 0 Å². The van der Waals surface area contributed by atoms with Gasteiger partial charge in [0.25, 0.3) is 5.69 Å². The van der Waals surface area contributed by atoms with Crippen LogP contribution in [0.4, 0.5) is 16.2 Å². The summed E-state index contributed by atoms with van der Waals surface area (Å²) in [7, 11) is 0. The van der Waals surface area contributed by atoms with Crippen LogP contribution in [0.25, 0.3) is 0 Å². The molecule has 7 nitrogen and oxygen atoms in total. The number of nitro groups is 1. The summed E-state index contributed by atoms with van der Waals surface area (Å²) >= 11 is 0. The molecule has 2 aliphatic heterocycles. The van der Waals surface area contributed by atoms with E-state index in [1.165, 1.54) is 6.07 Å². The largest absolute Gasteiger partial charge is 0.444 e. The van der Waals surface area contributed by atoms with E-state index in [4.69, 9.17) is 4.74 Å². The normalized spacial score (nSPS) is 18.4. The number of amides is 1. The van der Waals surface area contributed by atoms with Gasteiger partial charge in [-0.1, -0.05) is 0 Å². The molecule has 0 aromatic heterocycles. The summed E-state index contributed by atoms with van der Waals surface area (Å²) in [5.41, 5.74) is 1.15. The third-order valence-corrected chi connectivity index (χ3v) is 4.04. The summed E-state index contributed by atoms with van der Waals surface area (Å²) in [6.45, 7) is 7.21. The molecule has 118 valence electrons. The van der Waals surface area contributed by atoms with Crippen molar-refractivity contribution in [1.82, 2.24) is 4.90 Å². The lowest BCUT2D eigenvalue weighted by Crippen LogP contribution is -2.62. The number of likely N-dealkylation sites (tertiary alicyclic amines) is 1. The summed E-state index contributed by atoms with van der Waals surface area (Å²) in [4.78, 5) is 24.2. The topological polar surface area (TPSA) is 84.7 Å². The second kappa shape index (κ2) is 4.59. The van der Waals surface area contributed by atoms with Crippen molar-refractivity contribution in [3.8, 4) is 0 Å². The number of hydrogen-bond donors (Lipinski definition) is 1. The number of hydrogen-bond acceptors (Lipinski definition) is 5. The van der Waals surface area contributed by atoms with Crippen molar-refractivity contribution in [2.24, 2.45) is 0 Å². The molecular weight excluding hydrogens is 286 g/mol. The number of fused-ring (bicyclic) bond motifs is 2. The third-order valence-electron chi connectivity index (χ3n) is 4.04. The molecule has 0 radical (unpaired) electrons. The second-order valence-corrected chi connectivity index (χ2v) is 6.96. The Morgan fingerprint density at radius 2 is 2.09 bits per heavy atom. The number of ether oxygens (including phenoxy) is 1. The molecular formula is C15H19N3O4. The van der Waals surface area contributed by atoms with E-state index < -0.39 is 10.5 Å². The maximum atomic E-state index is 12.0. The number of benzene rings is 1. The second-order valence-electron chi connectivity index (χ2n) is 6.96. The van der Waals surface area contributed by atoms with E-state index in [-0.39, 0.29) is 17.2 Å². The Kier molecular flexibility index (Phi) is 3.05. The molecule has 0 saturated carbocycles. The van der Waals surface area contributed by atoms with Gasteiger partial charge in [0.1, 0.15) is 5.60 Å². The van der Waals surface area contributed by atoms with Crippen LogP contribution >= 0.6 is 0 Å². The van der Waals surface area contributed by atoms with Crippen molar-refractivity contribution in [1.29, 1.82) is 0 Å². The highest BCUT2D eigenvalue weighted by Gasteiger charge is 2.51. The van der Waals surface area contributed by atoms with Crippen molar-refractivity contribution >= 4 is 17.5 Å². The highest BCUT2D eigenvalue weighted by molar-refractivity contribution is 5.73. The van der Waals surface area contributed by atoms with Crippen LogP contribution in [0.15, 0.2) is 18.2 Å². The van der Waals surface area contributed by atoms with Gasteiger partial charge in [0.15, 0.2) is 0 Å². The maximum Gasteiger partial charge on any atom is 0.410 e. The van der Waals surface area contributed by atoms with Gasteiger partial charge in [-0.05, 0) is 32.4 Å². The van der Waals surface area contributed by atoms with Crippen LogP contribution in [0, 0.1) is 10.1 Å². The Morgan fingerprint density at radius 1 is 1.41 bits per heavy atom. The van der Waals surface area contributed by atoms with E-state index in [1.54, 1.807) is 17.0 Å². The number of anilines is 1. The molecule has 1 amide bonds. The van der Waals surface area contributed by atoms with Crippen LogP contribution in [0.1, 0.15) is 26.3 Å². The minimum atomic E-state index is -0.523. The monoisotopic (exact) mass is 305 g/mol. The van der Waals surface area contributed by atoms with E-state index in [0.29, 0.717) is 19.6 Å². The molecule has 7 heteroatoms. The van der Waals surface area contributed by atoms with Gasteiger partial charge in [0, 0.05) is 37.5 Å². The summed E-state index contributed by atoms with van der Waals surface area (Å²) in [5, 5.41) is 14.2. The van der Waals surface area contributed by atoms with Crippen molar-refractivity contribution in [2.45, 2.75) is 31.8 Å². The predicted molar refractivity (Wildman–Crippen MR) is 81.1 cm³/mol. The lowest BCUT2D eigenvalue weighted by Gasteiger charge is -2.47. The highest BCUT2D eigenvalue weighted by Crippen LogP contribution is 2.44. The Bertz CT molecular complexity index is 645. The van der Waals surface area contributed by atoms with Gasteiger partial charge in [-0.3, -0.25) is 10.1 Å². The zero-order valence-corrected chi connectivity index (χ0v) is 12.9. The number of nitrogens with zero attached hydrogens (tertiary/aromatic N) is 2. The van der Waals surface area contributed by atoms with Gasteiger partial charge in [-0.2, -0.15) is 0 Å². The minimum absolute atomic E-state index is 0.0811. The molecule has 3 rings (SSSR count). The van der Waals surface area contributed by atoms with Crippen molar-refractivity contribution in [3.05, 3.63) is 33.9 Å². The van der Waals surface area contributed by atoms with Gasteiger partial charge < -0.3 is 15.0 Å². The number of carbonyl (C=O) groups is 1. The molecule has 1 spiro atoms. The molecule has 2 aliphatic rings. The standard InChI is InChI=1S/C15H19N3O4/c1-14(2,3)22-13(19)17-8-15(9-17)7-16-12-5-4-10(18(20)21)6-11(12)15/h4-6,16H,7-9H2,1-3H3. The molecule has 0 unspecified atom stereocenters. The fraction of sp³-hybridized carbons (Fsp3) is 0.533. The Hall–Kier alpha value is -2.31. The number of nitrogens with one attached hydrogen (secondary N) is 1. The fourth-order valence-electron chi connectivity index (χ4n) is 3.02. The van der Waals surface area contributed by atoms with Gasteiger partial charge in [0.2, 0.25) is 0 Å². The first-order valence-electron chi connectivity index (χ1n) is 7.21. The average molecular weight is 305 g/mol. The number of rotatable bonds is 1.